The Labute approximate surface area is 177 Å². The van der Waals surface area contributed by atoms with E-state index in [0.717, 1.165) is 5.56 Å². The molecule has 0 radical (unpaired) electrons. The second kappa shape index (κ2) is 10.1. The van der Waals surface area contributed by atoms with E-state index in [9.17, 15) is 9.59 Å². The summed E-state index contributed by atoms with van der Waals surface area (Å²) < 4.78 is 6.00. The van der Waals surface area contributed by atoms with E-state index in [2.05, 4.69) is 15.6 Å². The standard InChI is InChI=1S/C21H21N3O3S2/c1-3-22-17(25)13-28-21-23-18(14-9-5-4-6-10-14)20(29-21)24-19(26)15-11-7-8-12-16(15)27-2/h4-12H,3,13H2,1-2H3,(H,22,25)(H,24,26). The van der Waals surface area contributed by atoms with E-state index in [0.29, 0.717) is 32.9 Å². The number of ether oxygens (including phenoxy) is 1. The normalized spacial score (nSPS) is 10.4. The van der Waals surface area contributed by atoms with Crippen LogP contribution in [0.2, 0.25) is 0 Å². The van der Waals surface area contributed by atoms with Crippen LogP contribution in [0.1, 0.15) is 17.3 Å². The molecular weight excluding hydrogens is 406 g/mol. The van der Waals surface area contributed by atoms with Crippen LogP contribution in [0.25, 0.3) is 11.3 Å². The predicted octanol–water partition coefficient (Wildman–Crippen LogP) is 4.30. The minimum atomic E-state index is -0.274. The summed E-state index contributed by atoms with van der Waals surface area (Å²) in [6.45, 7) is 2.47. The van der Waals surface area contributed by atoms with Crippen LogP contribution in [0.3, 0.4) is 0 Å². The monoisotopic (exact) mass is 427 g/mol. The summed E-state index contributed by atoms with van der Waals surface area (Å²) in [6.07, 6.45) is 0. The van der Waals surface area contributed by atoms with E-state index in [4.69, 9.17) is 4.74 Å². The molecule has 2 aromatic carbocycles. The summed E-state index contributed by atoms with van der Waals surface area (Å²) in [4.78, 5) is 29.3. The maximum atomic E-state index is 12.9. The van der Waals surface area contributed by atoms with Gasteiger partial charge in [-0.3, -0.25) is 9.59 Å². The summed E-state index contributed by atoms with van der Waals surface area (Å²) >= 11 is 2.70. The van der Waals surface area contributed by atoms with Gasteiger partial charge in [0.15, 0.2) is 4.34 Å². The number of benzene rings is 2. The van der Waals surface area contributed by atoms with Crippen LogP contribution in [0, 0.1) is 0 Å². The van der Waals surface area contributed by atoms with Crippen molar-refractivity contribution in [1.29, 1.82) is 0 Å². The van der Waals surface area contributed by atoms with E-state index in [-0.39, 0.29) is 17.6 Å². The summed E-state index contributed by atoms with van der Waals surface area (Å²) in [5.74, 6) is 0.453. The van der Waals surface area contributed by atoms with Gasteiger partial charge >= 0.3 is 0 Å². The molecule has 3 aromatic rings. The smallest absolute Gasteiger partial charge is 0.260 e. The zero-order valence-corrected chi connectivity index (χ0v) is 17.7. The second-order valence-corrected chi connectivity index (χ2v) is 8.14. The molecule has 6 nitrogen and oxygen atoms in total. The Morgan fingerprint density at radius 2 is 1.83 bits per heavy atom. The van der Waals surface area contributed by atoms with E-state index in [1.165, 1.54) is 30.2 Å². The number of nitrogens with one attached hydrogen (secondary N) is 2. The Morgan fingerprint density at radius 3 is 2.55 bits per heavy atom. The lowest BCUT2D eigenvalue weighted by Crippen LogP contribution is -2.24. The number of thiazole rings is 1. The van der Waals surface area contributed by atoms with Crippen molar-refractivity contribution in [3.8, 4) is 17.0 Å². The number of hydrogen-bond donors (Lipinski definition) is 2. The maximum absolute atomic E-state index is 12.9. The number of thioether (sulfide) groups is 1. The van der Waals surface area contributed by atoms with Crippen molar-refractivity contribution in [2.24, 2.45) is 0 Å². The molecule has 150 valence electrons. The molecule has 8 heteroatoms. The van der Waals surface area contributed by atoms with Gasteiger partial charge in [0, 0.05) is 12.1 Å². The number of carbonyl (C=O) groups is 2. The highest BCUT2D eigenvalue weighted by Crippen LogP contribution is 2.38. The number of amides is 2. The van der Waals surface area contributed by atoms with Crippen molar-refractivity contribution in [2.45, 2.75) is 11.3 Å². The molecule has 0 aliphatic rings. The van der Waals surface area contributed by atoms with Gasteiger partial charge in [0.05, 0.1) is 18.4 Å². The lowest BCUT2D eigenvalue weighted by atomic mass is 10.1. The van der Waals surface area contributed by atoms with E-state index in [1.807, 2.05) is 43.3 Å². The van der Waals surface area contributed by atoms with E-state index < -0.39 is 0 Å². The second-order valence-electron chi connectivity index (χ2n) is 5.92. The molecule has 29 heavy (non-hydrogen) atoms. The molecule has 0 fully saturated rings. The summed E-state index contributed by atoms with van der Waals surface area (Å²) in [5, 5.41) is 6.36. The molecule has 0 unspecified atom stereocenters. The molecule has 1 heterocycles. The SMILES string of the molecule is CCNC(=O)CSc1nc(-c2ccccc2)c(NC(=O)c2ccccc2OC)s1. The third kappa shape index (κ3) is 5.36. The number of rotatable bonds is 8. The molecular formula is C21H21N3O3S2. The Balaban J connectivity index is 1.87. The zero-order chi connectivity index (χ0) is 20.6. The number of para-hydroxylation sites is 1. The molecule has 0 bridgehead atoms. The first kappa shape index (κ1) is 20.9. The number of carbonyl (C=O) groups excluding carboxylic acids is 2. The molecule has 0 saturated heterocycles. The van der Waals surface area contributed by atoms with Crippen molar-refractivity contribution in [1.82, 2.24) is 10.3 Å². The highest BCUT2D eigenvalue weighted by Gasteiger charge is 2.19. The van der Waals surface area contributed by atoms with Crippen LogP contribution in [0.15, 0.2) is 58.9 Å². The minimum Gasteiger partial charge on any atom is -0.496 e. The average molecular weight is 428 g/mol. The van der Waals surface area contributed by atoms with Gasteiger partial charge in [0.2, 0.25) is 5.91 Å². The summed E-state index contributed by atoms with van der Waals surface area (Å²) in [6, 6.07) is 16.7. The Bertz CT molecular complexity index is 990. The van der Waals surface area contributed by atoms with Gasteiger partial charge in [-0.2, -0.15) is 0 Å². The molecule has 0 atom stereocenters. The first-order chi connectivity index (χ1) is 14.1. The number of methoxy groups -OCH3 is 1. The molecule has 1 aromatic heterocycles. The fraction of sp³-hybridized carbons (Fsp3) is 0.190. The molecule has 0 saturated carbocycles. The van der Waals surface area contributed by atoms with Gasteiger partial charge in [-0.1, -0.05) is 65.6 Å². The molecule has 0 spiro atoms. The summed E-state index contributed by atoms with van der Waals surface area (Å²) in [5.41, 5.74) is 2.01. The number of aromatic nitrogens is 1. The molecule has 3 rings (SSSR count). The van der Waals surface area contributed by atoms with Gasteiger partial charge in [-0.15, -0.1) is 0 Å². The third-order valence-electron chi connectivity index (χ3n) is 3.93. The van der Waals surface area contributed by atoms with Gasteiger partial charge in [0.25, 0.3) is 5.91 Å². The van der Waals surface area contributed by atoms with E-state index >= 15 is 0 Å². The van der Waals surface area contributed by atoms with Gasteiger partial charge in [0.1, 0.15) is 16.4 Å². The first-order valence-electron chi connectivity index (χ1n) is 9.02. The van der Waals surface area contributed by atoms with Gasteiger partial charge < -0.3 is 15.4 Å². The summed E-state index contributed by atoms with van der Waals surface area (Å²) in [7, 11) is 1.53. The van der Waals surface area contributed by atoms with Crippen LogP contribution < -0.4 is 15.4 Å². The van der Waals surface area contributed by atoms with Gasteiger partial charge in [-0.25, -0.2) is 4.98 Å². The van der Waals surface area contributed by atoms with Gasteiger partial charge in [-0.05, 0) is 19.1 Å². The first-order valence-corrected chi connectivity index (χ1v) is 10.8. The third-order valence-corrected chi connectivity index (χ3v) is 6.05. The Morgan fingerprint density at radius 1 is 1.10 bits per heavy atom. The van der Waals surface area contributed by atoms with E-state index in [1.54, 1.807) is 18.2 Å². The van der Waals surface area contributed by atoms with Crippen LogP contribution in [-0.2, 0) is 4.79 Å². The van der Waals surface area contributed by atoms with Crippen LogP contribution in [-0.4, -0.2) is 36.2 Å². The number of hydrogen-bond acceptors (Lipinski definition) is 6. The Hall–Kier alpha value is -2.84. The average Bonchev–Trinajstić information content (AvgIpc) is 3.15. The highest BCUT2D eigenvalue weighted by molar-refractivity contribution is 8.01. The van der Waals surface area contributed by atoms with Crippen LogP contribution in [0.4, 0.5) is 5.00 Å². The molecule has 0 aliphatic carbocycles. The van der Waals surface area contributed by atoms with Crippen LogP contribution >= 0.6 is 23.1 Å². The van der Waals surface area contributed by atoms with Crippen molar-refractivity contribution in [3.05, 3.63) is 60.2 Å². The van der Waals surface area contributed by atoms with Crippen LogP contribution in [0.5, 0.6) is 5.75 Å². The van der Waals surface area contributed by atoms with Crippen molar-refractivity contribution < 1.29 is 14.3 Å². The van der Waals surface area contributed by atoms with Crippen molar-refractivity contribution in [2.75, 3.05) is 24.7 Å². The minimum absolute atomic E-state index is 0.0476. The van der Waals surface area contributed by atoms with Crippen molar-refractivity contribution in [3.63, 3.8) is 0 Å². The molecule has 2 N–H and O–H groups in total. The molecule has 2 amide bonds. The number of anilines is 1. The number of nitrogens with zero attached hydrogens (tertiary/aromatic N) is 1. The Kier molecular flexibility index (Phi) is 7.26. The quantitative estimate of drug-likeness (QED) is 0.524. The fourth-order valence-corrected chi connectivity index (χ4v) is 4.51. The lowest BCUT2D eigenvalue weighted by Gasteiger charge is -2.09. The topological polar surface area (TPSA) is 80.3 Å². The fourth-order valence-electron chi connectivity index (χ4n) is 2.62. The van der Waals surface area contributed by atoms with Crippen molar-refractivity contribution >= 4 is 39.9 Å². The highest BCUT2D eigenvalue weighted by atomic mass is 32.2. The molecule has 0 aliphatic heterocycles. The zero-order valence-electron chi connectivity index (χ0n) is 16.1. The maximum Gasteiger partial charge on any atom is 0.260 e. The predicted molar refractivity (Wildman–Crippen MR) is 118 cm³/mol. The lowest BCUT2D eigenvalue weighted by molar-refractivity contribution is -0.118. The largest absolute Gasteiger partial charge is 0.496 e.